The Morgan fingerprint density at radius 3 is 2.48 bits per heavy atom. The van der Waals surface area contributed by atoms with Gasteiger partial charge in [-0.1, -0.05) is 42.5 Å². The molecule has 2 aromatic carbocycles. The first-order chi connectivity index (χ1) is 15.8. The second-order valence-electron chi connectivity index (χ2n) is 7.24. The molecular weight excluding hydrogens is 426 g/mol. The molecule has 0 aliphatic carbocycles. The third-order valence-electron chi connectivity index (χ3n) is 4.49. The molecule has 10 nitrogen and oxygen atoms in total. The molecule has 0 saturated carbocycles. The molecule has 176 valence electrons. The maximum absolute atomic E-state index is 12.0. The van der Waals surface area contributed by atoms with E-state index in [9.17, 15) is 14.7 Å². The molecule has 0 radical (unpaired) electrons. The quantitative estimate of drug-likeness (QED) is 0.217. The average molecular weight is 456 g/mol. The van der Waals surface area contributed by atoms with Gasteiger partial charge in [-0.3, -0.25) is 0 Å². The Bertz CT molecular complexity index is 974. The molecule has 2 aromatic rings. The van der Waals surface area contributed by atoms with E-state index in [2.05, 4.69) is 15.5 Å². The highest BCUT2D eigenvalue weighted by Crippen LogP contribution is 2.15. The van der Waals surface area contributed by atoms with Crippen LogP contribution in [0.1, 0.15) is 30.9 Å². The number of rotatable bonds is 12. The van der Waals surface area contributed by atoms with Crippen molar-refractivity contribution < 1.29 is 24.2 Å². The van der Waals surface area contributed by atoms with Gasteiger partial charge in [-0.25, -0.2) is 9.59 Å². The Morgan fingerprint density at radius 2 is 1.79 bits per heavy atom. The van der Waals surface area contributed by atoms with E-state index in [0.717, 1.165) is 16.8 Å². The van der Waals surface area contributed by atoms with Gasteiger partial charge in [-0.2, -0.15) is 5.10 Å². The number of carboxylic acids is 1. The maximum atomic E-state index is 12.0. The zero-order chi connectivity index (χ0) is 24.1. The van der Waals surface area contributed by atoms with Crippen LogP contribution in [0.2, 0.25) is 0 Å². The van der Waals surface area contributed by atoms with Gasteiger partial charge < -0.3 is 31.4 Å². The van der Waals surface area contributed by atoms with Crippen LogP contribution in [0, 0.1) is 0 Å². The molecule has 0 heterocycles. The van der Waals surface area contributed by atoms with E-state index in [-0.39, 0.29) is 25.6 Å². The lowest BCUT2D eigenvalue weighted by Crippen LogP contribution is -2.42. The first-order valence-corrected chi connectivity index (χ1v) is 10.4. The highest BCUT2D eigenvalue weighted by Gasteiger charge is 2.20. The van der Waals surface area contributed by atoms with Crippen LogP contribution in [0.15, 0.2) is 64.8 Å². The summed E-state index contributed by atoms with van der Waals surface area (Å²) in [5.41, 5.74) is 13.1. The number of amides is 1. The fourth-order valence-electron chi connectivity index (χ4n) is 2.77. The summed E-state index contributed by atoms with van der Waals surface area (Å²) >= 11 is 0. The van der Waals surface area contributed by atoms with E-state index in [1.165, 1.54) is 0 Å². The van der Waals surface area contributed by atoms with Gasteiger partial charge in [-0.15, -0.1) is 5.10 Å². The number of nitrogens with one attached hydrogen (secondary N) is 1. The number of hydrogen-bond donors (Lipinski definition) is 4. The van der Waals surface area contributed by atoms with Gasteiger partial charge in [0.25, 0.3) is 0 Å². The van der Waals surface area contributed by atoms with Crippen molar-refractivity contribution in [2.45, 2.75) is 38.8 Å². The lowest BCUT2D eigenvalue weighted by molar-refractivity contribution is -0.139. The number of aliphatic carboxylic acids is 1. The summed E-state index contributed by atoms with van der Waals surface area (Å²) in [6, 6.07) is 15.4. The molecule has 1 atom stereocenters. The van der Waals surface area contributed by atoms with Gasteiger partial charge in [0.05, 0.1) is 6.61 Å². The Labute approximate surface area is 192 Å². The number of aryl methyl sites for hydroxylation is 1. The van der Waals surface area contributed by atoms with Crippen LogP contribution in [0.4, 0.5) is 4.79 Å². The molecule has 1 amide bonds. The van der Waals surface area contributed by atoms with Crippen LogP contribution >= 0.6 is 0 Å². The van der Waals surface area contributed by atoms with Crippen molar-refractivity contribution in [3.05, 3.63) is 65.7 Å². The van der Waals surface area contributed by atoms with Gasteiger partial charge >= 0.3 is 12.1 Å². The third-order valence-corrected chi connectivity index (χ3v) is 4.49. The van der Waals surface area contributed by atoms with Crippen molar-refractivity contribution in [2.24, 2.45) is 21.7 Å². The highest BCUT2D eigenvalue weighted by atomic mass is 16.5. The number of alkyl carbamates (subject to hydrolysis) is 1. The maximum Gasteiger partial charge on any atom is 0.408 e. The number of nitrogens with two attached hydrogens (primary N) is 2. The summed E-state index contributed by atoms with van der Waals surface area (Å²) in [7, 11) is 0. The summed E-state index contributed by atoms with van der Waals surface area (Å²) in [5.74, 6) is -0.662. The topological polar surface area (TPSA) is 162 Å². The molecule has 0 spiro atoms. The summed E-state index contributed by atoms with van der Waals surface area (Å²) in [6.07, 6.45) is 0.644. The van der Waals surface area contributed by atoms with E-state index in [0.29, 0.717) is 18.6 Å². The predicted octanol–water partition coefficient (Wildman–Crippen LogP) is 2.42. The van der Waals surface area contributed by atoms with Crippen LogP contribution in [0.25, 0.3) is 0 Å². The van der Waals surface area contributed by atoms with Gasteiger partial charge in [-0.05, 0) is 43.0 Å². The number of carbonyl (C=O) groups excluding carboxylic acids is 1. The molecule has 1 unspecified atom stereocenters. The van der Waals surface area contributed by atoms with Crippen LogP contribution in [-0.2, 0) is 22.6 Å². The Morgan fingerprint density at radius 1 is 1.06 bits per heavy atom. The molecule has 0 aliphatic rings. The minimum Gasteiger partial charge on any atom is -0.493 e. The smallest absolute Gasteiger partial charge is 0.408 e. The normalized spacial score (nSPS) is 11.8. The zero-order valence-electron chi connectivity index (χ0n) is 18.4. The number of hydrogen-bond acceptors (Lipinski definition) is 6. The Hall–Kier alpha value is -4.08. The van der Waals surface area contributed by atoms with Gasteiger partial charge in [0.15, 0.2) is 0 Å². The fraction of sp³-hybridized carbons (Fsp3) is 0.304. The zero-order valence-corrected chi connectivity index (χ0v) is 18.4. The SMILES string of the molecule is C/C(CCc1cccc(OCCC(NC(=O)OCc2ccccc2)C(=O)O)c1)=N/N=C(N)N. The molecular formula is C23H29N5O5. The van der Waals surface area contributed by atoms with E-state index in [1.54, 1.807) is 6.07 Å². The number of benzene rings is 2. The standard InChI is InChI=1S/C23H29N5O5/c1-16(27-28-22(24)25)10-11-17-8-5-9-19(14-17)32-13-12-20(21(29)30)26-23(31)33-15-18-6-3-2-4-7-18/h2-9,14,20H,10-13,15H2,1H3,(H,26,31)(H,29,30)(H4,24,25,28)/b27-16-. The second-order valence-corrected chi connectivity index (χ2v) is 7.24. The Balaban J connectivity index is 1.79. The minimum absolute atomic E-state index is 0.0540. The molecule has 2 rings (SSSR count). The summed E-state index contributed by atoms with van der Waals surface area (Å²) in [6.45, 7) is 1.99. The van der Waals surface area contributed by atoms with E-state index >= 15 is 0 Å². The van der Waals surface area contributed by atoms with Crippen LogP contribution in [-0.4, -0.2) is 41.5 Å². The largest absolute Gasteiger partial charge is 0.493 e. The van der Waals surface area contributed by atoms with E-state index in [1.807, 2.05) is 55.5 Å². The molecule has 0 aliphatic heterocycles. The highest BCUT2D eigenvalue weighted by molar-refractivity contribution is 5.83. The molecule has 0 saturated heterocycles. The van der Waals surface area contributed by atoms with Crippen LogP contribution in [0.5, 0.6) is 5.75 Å². The minimum atomic E-state index is -1.17. The molecule has 6 N–H and O–H groups in total. The van der Waals surface area contributed by atoms with Crippen molar-refractivity contribution in [1.29, 1.82) is 0 Å². The first kappa shape index (κ1) is 25.2. The lowest BCUT2D eigenvalue weighted by atomic mass is 10.1. The Kier molecular flexibility index (Phi) is 10.2. The lowest BCUT2D eigenvalue weighted by Gasteiger charge is -2.15. The monoisotopic (exact) mass is 455 g/mol. The van der Waals surface area contributed by atoms with Crippen LogP contribution in [0.3, 0.4) is 0 Å². The van der Waals surface area contributed by atoms with E-state index < -0.39 is 18.1 Å². The number of nitrogens with zero attached hydrogens (tertiary/aromatic N) is 2. The summed E-state index contributed by atoms with van der Waals surface area (Å²) < 4.78 is 10.8. The first-order valence-electron chi connectivity index (χ1n) is 10.4. The fourth-order valence-corrected chi connectivity index (χ4v) is 2.77. The van der Waals surface area contributed by atoms with Crippen LogP contribution < -0.4 is 21.5 Å². The van der Waals surface area contributed by atoms with Gasteiger partial charge in [0.2, 0.25) is 5.96 Å². The van der Waals surface area contributed by atoms with Gasteiger partial charge in [0.1, 0.15) is 18.4 Å². The molecule has 0 aromatic heterocycles. The predicted molar refractivity (Wildman–Crippen MR) is 125 cm³/mol. The van der Waals surface area contributed by atoms with Crippen molar-refractivity contribution in [3.8, 4) is 5.75 Å². The number of guanidine groups is 1. The summed E-state index contributed by atoms with van der Waals surface area (Å²) in [5, 5.41) is 19.3. The second kappa shape index (κ2) is 13.4. The molecule has 0 fully saturated rings. The number of ether oxygens (including phenoxy) is 2. The third kappa shape index (κ3) is 10.2. The molecule has 10 heteroatoms. The average Bonchev–Trinajstić information content (AvgIpc) is 2.80. The van der Waals surface area contributed by atoms with Crippen molar-refractivity contribution in [2.75, 3.05) is 6.61 Å². The van der Waals surface area contributed by atoms with Crippen molar-refractivity contribution >= 4 is 23.7 Å². The van der Waals surface area contributed by atoms with Crippen molar-refractivity contribution in [1.82, 2.24) is 5.32 Å². The summed E-state index contributed by atoms with van der Waals surface area (Å²) in [4.78, 5) is 23.4. The van der Waals surface area contributed by atoms with Gasteiger partial charge in [0, 0.05) is 12.1 Å². The molecule has 0 bridgehead atoms. The van der Waals surface area contributed by atoms with Crippen molar-refractivity contribution in [3.63, 3.8) is 0 Å². The number of carbonyl (C=O) groups is 2. The number of carboxylic acid groups (broad SMARTS) is 1. The van der Waals surface area contributed by atoms with E-state index in [4.69, 9.17) is 20.9 Å². The molecule has 33 heavy (non-hydrogen) atoms.